The summed E-state index contributed by atoms with van der Waals surface area (Å²) in [5, 5.41) is 20.1. The van der Waals surface area contributed by atoms with Crippen LogP contribution in [0.5, 0.6) is 0 Å². The van der Waals surface area contributed by atoms with Gasteiger partial charge >= 0.3 is 17.9 Å². The quantitative estimate of drug-likeness (QED) is 0.235. The van der Waals surface area contributed by atoms with Gasteiger partial charge in [-0.1, -0.05) is 67.2 Å². The van der Waals surface area contributed by atoms with E-state index in [0.717, 1.165) is 25.7 Å². The summed E-state index contributed by atoms with van der Waals surface area (Å²) in [6.45, 7) is 10.2. The molecular formula is C24H42O9. The molecule has 9 nitrogen and oxygen atoms in total. The highest BCUT2D eigenvalue weighted by Crippen LogP contribution is 2.29. The van der Waals surface area contributed by atoms with Gasteiger partial charge in [-0.3, -0.25) is 14.4 Å². The summed E-state index contributed by atoms with van der Waals surface area (Å²) >= 11 is 0. The summed E-state index contributed by atoms with van der Waals surface area (Å²) in [6.07, 6.45) is -1.89. The molecule has 192 valence electrons. The Balaban J connectivity index is 2.93. The number of carbonyl (C=O) groups is 3. The SMILES string of the molecule is CC(C)CCCCCCC(=O)O[C@H]1[C@H](OC(=O)C(C)C)[C@@H](CO)OC(O)[C@@H]1OC(=O)C(C)C. The molecule has 0 amide bonds. The fourth-order valence-electron chi connectivity index (χ4n) is 3.37. The van der Waals surface area contributed by atoms with Crippen LogP contribution in [0.1, 0.15) is 80.1 Å². The van der Waals surface area contributed by atoms with Crippen LogP contribution in [0.4, 0.5) is 0 Å². The van der Waals surface area contributed by atoms with Crippen LogP contribution < -0.4 is 0 Å². The Morgan fingerprint density at radius 1 is 0.788 bits per heavy atom. The van der Waals surface area contributed by atoms with Gasteiger partial charge in [0.05, 0.1) is 18.4 Å². The van der Waals surface area contributed by atoms with E-state index in [-0.39, 0.29) is 6.42 Å². The van der Waals surface area contributed by atoms with Gasteiger partial charge in [0.25, 0.3) is 0 Å². The van der Waals surface area contributed by atoms with Crippen LogP contribution in [0.15, 0.2) is 0 Å². The zero-order valence-corrected chi connectivity index (χ0v) is 20.8. The third kappa shape index (κ3) is 9.98. The minimum absolute atomic E-state index is 0.134. The number of unbranched alkanes of at least 4 members (excludes halogenated alkanes) is 3. The Bertz CT molecular complexity index is 617. The van der Waals surface area contributed by atoms with Gasteiger partial charge in [-0.15, -0.1) is 0 Å². The van der Waals surface area contributed by atoms with Gasteiger partial charge in [-0.05, 0) is 12.3 Å². The van der Waals surface area contributed by atoms with Gasteiger partial charge in [-0.25, -0.2) is 0 Å². The average molecular weight is 475 g/mol. The second-order valence-electron chi connectivity index (χ2n) is 9.66. The second-order valence-corrected chi connectivity index (χ2v) is 9.66. The first-order chi connectivity index (χ1) is 15.5. The van der Waals surface area contributed by atoms with Crippen molar-refractivity contribution in [1.29, 1.82) is 0 Å². The predicted octanol–water partition coefficient (Wildman–Crippen LogP) is 2.74. The minimum Gasteiger partial charge on any atom is -0.455 e. The van der Waals surface area contributed by atoms with E-state index in [2.05, 4.69) is 13.8 Å². The maximum absolute atomic E-state index is 12.6. The summed E-state index contributed by atoms with van der Waals surface area (Å²) in [6, 6.07) is 0. The fraction of sp³-hybridized carbons (Fsp3) is 0.875. The molecule has 1 heterocycles. The van der Waals surface area contributed by atoms with E-state index in [1.54, 1.807) is 27.7 Å². The molecule has 0 spiro atoms. The molecule has 33 heavy (non-hydrogen) atoms. The second kappa shape index (κ2) is 14.5. The number of hydrogen-bond donors (Lipinski definition) is 2. The summed E-state index contributed by atoms with van der Waals surface area (Å²) in [4.78, 5) is 37.1. The lowest BCUT2D eigenvalue weighted by Crippen LogP contribution is -2.62. The monoisotopic (exact) mass is 474 g/mol. The van der Waals surface area contributed by atoms with Crippen molar-refractivity contribution in [3.8, 4) is 0 Å². The topological polar surface area (TPSA) is 129 Å². The Morgan fingerprint density at radius 2 is 1.33 bits per heavy atom. The van der Waals surface area contributed by atoms with Gasteiger partial charge < -0.3 is 29.2 Å². The molecular weight excluding hydrogens is 432 g/mol. The van der Waals surface area contributed by atoms with Crippen molar-refractivity contribution in [2.45, 2.75) is 111 Å². The van der Waals surface area contributed by atoms with E-state index in [1.807, 2.05) is 0 Å². The third-order valence-electron chi connectivity index (χ3n) is 5.42. The number of rotatable bonds is 13. The van der Waals surface area contributed by atoms with Crippen molar-refractivity contribution in [3.05, 3.63) is 0 Å². The highest BCUT2D eigenvalue weighted by atomic mass is 16.7. The van der Waals surface area contributed by atoms with E-state index in [4.69, 9.17) is 18.9 Å². The smallest absolute Gasteiger partial charge is 0.308 e. The Hall–Kier alpha value is -1.71. The molecule has 1 aliphatic heterocycles. The molecule has 1 aliphatic rings. The molecule has 5 atom stereocenters. The van der Waals surface area contributed by atoms with Crippen molar-refractivity contribution in [2.75, 3.05) is 6.61 Å². The highest BCUT2D eigenvalue weighted by molar-refractivity contribution is 5.73. The molecule has 0 saturated carbocycles. The fourth-order valence-corrected chi connectivity index (χ4v) is 3.37. The lowest BCUT2D eigenvalue weighted by Gasteiger charge is -2.43. The van der Waals surface area contributed by atoms with Crippen LogP contribution in [-0.2, 0) is 33.3 Å². The van der Waals surface area contributed by atoms with Crippen molar-refractivity contribution in [1.82, 2.24) is 0 Å². The van der Waals surface area contributed by atoms with Gasteiger partial charge in [0, 0.05) is 6.42 Å². The minimum atomic E-state index is -1.66. The van der Waals surface area contributed by atoms with Crippen molar-refractivity contribution in [3.63, 3.8) is 0 Å². The highest BCUT2D eigenvalue weighted by Gasteiger charge is 2.52. The van der Waals surface area contributed by atoms with Crippen molar-refractivity contribution in [2.24, 2.45) is 17.8 Å². The average Bonchev–Trinajstić information content (AvgIpc) is 2.73. The van der Waals surface area contributed by atoms with E-state index in [1.165, 1.54) is 0 Å². The zero-order chi connectivity index (χ0) is 25.1. The standard InChI is InChI=1S/C24H42O9/c1-14(2)11-9-7-8-10-12-18(26)31-20-19(32-22(27)15(3)4)17(13-25)30-24(29)21(20)33-23(28)16(5)6/h14-17,19-21,24-25,29H,7-13H2,1-6H3/t17-,19-,20+,21-,24?/m1/s1. The van der Waals surface area contributed by atoms with Crippen LogP contribution in [0.25, 0.3) is 0 Å². The Kier molecular flexibility index (Phi) is 12.9. The first kappa shape index (κ1) is 29.3. The number of aliphatic hydroxyl groups is 2. The maximum Gasteiger partial charge on any atom is 0.308 e. The van der Waals surface area contributed by atoms with E-state index in [9.17, 15) is 24.6 Å². The molecule has 0 aromatic carbocycles. The summed E-state index contributed by atoms with van der Waals surface area (Å²) in [7, 11) is 0. The molecule has 1 unspecified atom stereocenters. The number of carbonyl (C=O) groups excluding carboxylic acids is 3. The molecule has 1 fully saturated rings. The summed E-state index contributed by atoms with van der Waals surface area (Å²) in [5.74, 6) is -2.15. The van der Waals surface area contributed by atoms with Crippen LogP contribution >= 0.6 is 0 Å². The molecule has 1 saturated heterocycles. The summed E-state index contributed by atoms with van der Waals surface area (Å²) in [5.41, 5.74) is 0. The van der Waals surface area contributed by atoms with Gasteiger partial charge in [0.15, 0.2) is 24.6 Å². The molecule has 0 bridgehead atoms. The lowest BCUT2D eigenvalue weighted by atomic mass is 9.97. The van der Waals surface area contributed by atoms with Crippen molar-refractivity contribution < 1.29 is 43.5 Å². The molecule has 0 aliphatic carbocycles. The molecule has 0 aromatic heterocycles. The lowest BCUT2D eigenvalue weighted by molar-refractivity contribution is -0.297. The normalized spacial score (nSPS) is 25.4. The van der Waals surface area contributed by atoms with Gasteiger partial charge in [0.1, 0.15) is 6.10 Å². The Labute approximate surface area is 197 Å². The molecule has 0 aromatic rings. The van der Waals surface area contributed by atoms with Crippen molar-refractivity contribution >= 4 is 17.9 Å². The van der Waals surface area contributed by atoms with E-state index < -0.39 is 67.1 Å². The number of ether oxygens (including phenoxy) is 4. The summed E-state index contributed by atoms with van der Waals surface area (Å²) < 4.78 is 21.7. The van der Waals surface area contributed by atoms with Crippen LogP contribution in [-0.4, -0.2) is 65.4 Å². The third-order valence-corrected chi connectivity index (χ3v) is 5.42. The van der Waals surface area contributed by atoms with Crippen LogP contribution in [0.2, 0.25) is 0 Å². The number of esters is 3. The number of aliphatic hydroxyl groups excluding tert-OH is 2. The first-order valence-electron chi connectivity index (χ1n) is 12.0. The number of hydrogen-bond acceptors (Lipinski definition) is 9. The van der Waals surface area contributed by atoms with E-state index >= 15 is 0 Å². The predicted molar refractivity (Wildman–Crippen MR) is 120 cm³/mol. The van der Waals surface area contributed by atoms with E-state index in [0.29, 0.717) is 12.3 Å². The molecule has 2 N–H and O–H groups in total. The van der Waals surface area contributed by atoms with Crippen LogP contribution in [0.3, 0.4) is 0 Å². The molecule has 0 radical (unpaired) electrons. The van der Waals surface area contributed by atoms with Crippen LogP contribution in [0, 0.1) is 17.8 Å². The van der Waals surface area contributed by atoms with Gasteiger partial charge in [0.2, 0.25) is 0 Å². The molecule has 1 rings (SSSR count). The molecule has 9 heteroatoms. The maximum atomic E-state index is 12.6. The first-order valence-corrected chi connectivity index (χ1v) is 12.0. The Morgan fingerprint density at radius 3 is 1.85 bits per heavy atom. The largest absolute Gasteiger partial charge is 0.455 e. The zero-order valence-electron chi connectivity index (χ0n) is 20.8. The van der Waals surface area contributed by atoms with Gasteiger partial charge in [-0.2, -0.15) is 0 Å².